The average molecular weight is 264 g/mol. The van der Waals surface area contributed by atoms with E-state index >= 15 is 0 Å². The summed E-state index contributed by atoms with van der Waals surface area (Å²) < 4.78 is 22.4. The van der Waals surface area contributed by atoms with Crippen LogP contribution in [0.25, 0.3) is 0 Å². The lowest BCUT2D eigenvalue weighted by atomic mass is 10.5. The zero-order chi connectivity index (χ0) is 13.5. The molecule has 0 bridgehead atoms. The third-order valence-electron chi connectivity index (χ3n) is 1.96. The molecule has 100 valence electrons. The minimum atomic E-state index is -2.14. The summed E-state index contributed by atoms with van der Waals surface area (Å²) >= 11 is 0. The van der Waals surface area contributed by atoms with E-state index in [0.717, 1.165) is 17.1 Å². The van der Waals surface area contributed by atoms with Gasteiger partial charge in [0.15, 0.2) is 8.03 Å². The Bertz CT molecular complexity index is 286. The lowest BCUT2D eigenvalue weighted by Gasteiger charge is -2.23. The van der Waals surface area contributed by atoms with Gasteiger partial charge in [0.1, 0.15) is 19.3 Å². The number of carbonyl (C=O) groups excluding carboxylic acids is 1. The maximum absolute atomic E-state index is 11.5. The van der Waals surface area contributed by atoms with Gasteiger partial charge in [-0.15, -0.1) is 0 Å². The Hall–Kier alpha value is -0.640. The third-order valence-corrected chi connectivity index (χ3v) is 3.40. The smallest absolute Gasteiger partial charge is 0.330 e. The third kappa shape index (κ3) is 10.2. The van der Waals surface area contributed by atoms with Crippen molar-refractivity contribution >= 4 is 14.0 Å². The lowest BCUT2D eigenvalue weighted by Crippen LogP contribution is -2.37. The number of ether oxygens (including phenoxy) is 1. The second-order valence-electron chi connectivity index (χ2n) is 4.89. The number of hydrogen-bond donors (Lipinski definition) is 0. The molecule has 0 aromatic rings. The monoisotopic (exact) mass is 264 g/mol. The first kappa shape index (κ1) is 16.4. The summed E-state index contributed by atoms with van der Waals surface area (Å²) in [6.07, 6.45) is 0.934. The predicted octanol–water partition coefficient (Wildman–Crippen LogP) is 1.30. The fourth-order valence-corrected chi connectivity index (χ4v) is 2.00. The van der Waals surface area contributed by atoms with Crippen LogP contribution in [0.15, 0.2) is 12.7 Å². The van der Waals surface area contributed by atoms with Crippen LogP contribution in [0.3, 0.4) is 0 Å². The molecular formula is C11H23NO4P+. The minimum Gasteiger partial charge on any atom is -0.459 e. The van der Waals surface area contributed by atoms with E-state index in [1.165, 1.54) is 0 Å². The number of carbonyl (C=O) groups is 1. The SMILES string of the molecule is C=CC(=O)OC(C)C[PH](=O)OCC[N+](C)(C)C. The van der Waals surface area contributed by atoms with Gasteiger partial charge in [-0.1, -0.05) is 6.58 Å². The first-order chi connectivity index (χ1) is 7.74. The summed E-state index contributed by atoms with van der Waals surface area (Å²) in [7, 11) is 3.97. The summed E-state index contributed by atoms with van der Waals surface area (Å²) in [6, 6.07) is 0. The number of quaternary nitrogens is 1. The van der Waals surface area contributed by atoms with Crippen LogP contribution in [0, 0.1) is 0 Å². The molecule has 0 saturated heterocycles. The van der Waals surface area contributed by atoms with Gasteiger partial charge >= 0.3 is 5.97 Å². The van der Waals surface area contributed by atoms with Crippen LogP contribution in [-0.2, 0) is 18.6 Å². The van der Waals surface area contributed by atoms with Crippen molar-refractivity contribution in [2.75, 3.05) is 40.5 Å². The van der Waals surface area contributed by atoms with Crippen molar-refractivity contribution in [1.82, 2.24) is 0 Å². The maximum atomic E-state index is 11.5. The highest BCUT2D eigenvalue weighted by Crippen LogP contribution is 2.24. The van der Waals surface area contributed by atoms with E-state index in [1.54, 1.807) is 6.92 Å². The molecule has 0 fully saturated rings. The summed E-state index contributed by atoms with van der Waals surface area (Å²) in [4.78, 5) is 10.9. The van der Waals surface area contributed by atoms with Gasteiger partial charge in [0.2, 0.25) is 0 Å². The average Bonchev–Trinajstić information content (AvgIpc) is 2.14. The first-order valence-electron chi connectivity index (χ1n) is 5.53. The van der Waals surface area contributed by atoms with E-state index in [0.29, 0.717) is 6.61 Å². The zero-order valence-corrected chi connectivity index (χ0v) is 12.1. The molecule has 0 aliphatic carbocycles. The Morgan fingerprint density at radius 2 is 2.06 bits per heavy atom. The fourth-order valence-electron chi connectivity index (χ4n) is 1.02. The molecule has 0 rings (SSSR count). The number of likely N-dealkylation sites (N-methyl/N-ethyl adjacent to an activating group) is 1. The van der Waals surface area contributed by atoms with Gasteiger partial charge in [-0.25, -0.2) is 4.79 Å². The Morgan fingerprint density at radius 3 is 2.53 bits per heavy atom. The topological polar surface area (TPSA) is 52.6 Å². The molecule has 0 aromatic carbocycles. The summed E-state index contributed by atoms with van der Waals surface area (Å²) in [5.74, 6) is -0.501. The van der Waals surface area contributed by atoms with Gasteiger partial charge in [0, 0.05) is 6.08 Å². The standard InChI is InChI=1S/C11H23NO4P/c1-6-11(13)16-10(2)9-17(14)15-8-7-12(3,4)5/h6,10,17H,1,7-9H2,2-5H3/q+1. The second-order valence-corrected chi connectivity index (χ2v) is 6.33. The molecule has 0 N–H and O–H groups in total. The zero-order valence-electron chi connectivity index (χ0n) is 11.1. The van der Waals surface area contributed by atoms with Gasteiger partial charge in [-0.2, -0.15) is 0 Å². The molecule has 0 aliphatic heterocycles. The van der Waals surface area contributed by atoms with Crippen molar-refractivity contribution in [3.63, 3.8) is 0 Å². The highest BCUT2D eigenvalue weighted by molar-refractivity contribution is 7.39. The lowest BCUT2D eigenvalue weighted by molar-refractivity contribution is -0.870. The van der Waals surface area contributed by atoms with Crippen LogP contribution in [0.4, 0.5) is 0 Å². The number of rotatable bonds is 8. The summed E-state index contributed by atoms with van der Waals surface area (Å²) in [6.45, 7) is 6.22. The van der Waals surface area contributed by atoms with E-state index < -0.39 is 20.1 Å². The number of hydrogen-bond acceptors (Lipinski definition) is 4. The van der Waals surface area contributed by atoms with Gasteiger partial charge in [0.05, 0.1) is 27.3 Å². The van der Waals surface area contributed by atoms with Crippen LogP contribution in [0.1, 0.15) is 6.92 Å². The molecule has 0 aromatic heterocycles. The highest BCUT2D eigenvalue weighted by atomic mass is 31.1. The van der Waals surface area contributed by atoms with Crippen LogP contribution >= 0.6 is 8.03 Å². The molecular weight excluding hydrogens is 241 g/mol. The van der Waals surface area contributed by atoms with Gasteiger partial charge < -0.3 is 13.7 Å². The molecule has 17 heavy (non-hydrogen) atoms. The molecule has 2 unspecified atom stereocenters. The van der Waals surface area contributed by atoms with Crippen molar-refractivity contribution in [1.29, 1.82) is 0 Å². The molecule has 0 radical (unpaired) electrons. The van der Waals surface area contributed by atoms with Gasteiger partial charge in [-0.05, 0) is 6.92 Å². The van der Waals surface area contributed by atoms with E-state index in [4.69, 9.17) is 9.26 Å². The van der Waals surface area contributed by atoms with Gasteiger partial charge in [-0.3, -0.25) is 4.57 Å². The molecule has 0 aliphatic rings. The second kappa shape index (κ2) is 7.64. The van der Waals surface area contributed by atoms with E-state index in [1.807, 2.05) is 21.1 Å². The molecule has 6 heteroatoms. The molecule has 0 amide bonds. The van der Waals surface area contributed by atoms with Crippen molar-refractivity contribution in [3.8, 4) is 0 Å². The van der Waals surface area contributed by atoms with Crippen LogP contribution in [0.2, 0.25) is 0 Å². The largest absolute Gasteiger partial charge is 0.459 e. The van der Waals surface area contributed by atoms with Gasteiger partial charge in [0.25, 0.3) is 0 Å². The van der Waals surface area contributed by atoms with Crippen LogP contribution in [0.5, 0.6) is 0 Å². The molecule has 2 atom stereocenters. The molecule has 0 heterocycles. The van der Waals surface area contributed by atoms with Crippen molar-refractivity contribution in [2.24, 2.45) is 0 Å². The van der Waals surface area contributed by atoms with Crippen molar-refractivity contribution < 1.29 is 23.1 Å². The van der Waals surface area contributed by atoms with Crippen LogP contribution < -0.4 is 0 Å². The minimum absolute atomic E-state index is 0.251. The normalized spacial score (nSPS) is 15.1. The quantitative estimate of drug-likeness (QED) is 0.287. The molecule has 0 saturated carbocycles. The Morgan fingerprint density at radius 1 is 1.47 bits per heavy atom. The fraction of sp³-hybridized carbons (Fsp3) is 0.727. The highest BCUT2D eigenvalue weighted by Gasteiger charge is 2.13. The van der Waals surface area contributed by atoms with Crippen molar-refractivity contribution in [3.05, 3.63) is 12.7 Å². The first-order valence-corrected chi connectivity index (χ1v) is 7.06. The Balaban J connectivity index is 3.79. The molecule has 5 nitrogen and oxygen atoms in total. The van der Waals surface area contributed by atoms with E-state index in [2.05, 4.69) is 6.58 Å². The Kier molecular flexibility index (Phi) is 7.35. The number of esters is 1. The molecule has 0 spiro atoms. The summed E-state index contributed by atoms with van der Waals surface area (Å²) in [5, 5.41) is 0. The van der Waals surface area contributed by atoms with Crippen molar-refractivity contribution in [2.45, 2.75) is 13.0 Å². The number of nitrogens with zero attached hydrogens (tertiary/aromatic N) is 1. The Labute approximate surface area is 104 Å². The maximum Gasteiger partial charge on any atom is 0.330 e. The van der Waals surface area contributed by atoms with E-state index in [9.17, 15) is 9.36 Å². The van der Waals surface area contributed by atoms with E-state index in [-0.39, 0.29) is 6.16 Å². The summed E-state index contributed by atoms with van der Waals surface area (Å²) in [5.41, 5.74) is 0. The predicted molar refractivity (Wildman–Crippen MR) is 68.5 cm³/mol. The van der Waals surface area contributed by atoms with Crippen LogP contribution in [-0.4, -0.2) is 57.0 Å².